The molecule has 0 spiro atoms. The average Bonchev–Trinajstić information content (AvgIpc) is 2.52. The quantitative estimate of drug-likeness (QED) is 0.179. The second kappa shape index (κ2) is 24.3. The molecule has 0 saturated carbocycles. The highest BCUT2D eigenvalue weighted by atomic mass is 33.3. The van der Waals surface area contributed by atoms with Crippen LogP contribution in [-0.4, -0.2) is 23.4 Å². The lowest BCUT2D eigenvalue weighted by Gasteiger charge is -2.26. The summed E-state index contributed by atoms with van der Waals surface area (Å²) in [4.78, 5) is 0. The lowest BCUT2D eigenvalue weighted by molar-refractivity contribution is 0.144. The van der Waals surface area contributed by atoms with Gasteiger partial charge in [0.15, 0.2) is 0 Å². The number of thiol groups is 1. The van der Waals surface area contributed by atoms with Crippen molar-refractivity contribution in [2.75, 3.05) is 0 Å². The lowest BCUT2D eigenvalue weighted by Crippen LogP contribution is -2.13. The van der Waals surface area contributed by atoms with Gasteiger partial charge in [-0.3, -0.25) is 0 Å². The van der Waals surface area contributed by atoms with Crippen molar-refractivity contribution >= 4 is 94.1 Å². The summed E-state index contributed by atoms with van der Waals surface area (Å²) in [5.41, 5.74) is -2.39. The molecule has 0 fully saturated rings. The lowest BCUT2D eigenvalue weighted by atomic mass is 10.1. The fraction of sp³-hybridized carbons (Fsp3) is 1.00. The fourth-order valence-electron chi connectivity index (χ4n) is 2.62. The Balaban J connectivity index is -0.000000460. The zero-order valence-electron chi connectivity index (χ0n) is 20.1. The number of hydrogen-bond donors (Lipinski definition) is 2. The van der Waals surface area contributed by atoms with E-state index in [4.69, 9.17) is 26.0 Å². The average molecular weight is 623 g/mol. The predicted octanol–water partition coefficient (Wildman–Crippen LogP) is 8.17. The molecule has 0 aliphatic heterocycles. The van der Waals surface area contributed by atoms with Crippen molar-refractivity contribution in [3.63, 3.8) is 0 Å². The summed E-state index contributed by atoms with van der Waals surface area (Å²) in [7, 11) is 6.83. The van der Waals surface area contributed by atoms with Crippen LogP contribution in [0.4, 0.5) is 0 Å². The van der Waals surface area contributed by atoms with E-state index in [0.717, 1.165) is 26.3 Å². The van der Waals surface area contributed by atoms with Crippen molar-refractivity contribution in [3.8, 4) is 0 Å². The van der Waals surface area contributed by atoms with E-state index in [0.29, 0.717) is 17.8 Å². The molecule has 0 aliphatic rings. The molecule has 0 amide bonds. The highest BCUT2D eigenvalue weighted by molar-refractivity contribution is 8.63. The van der Waals surface area contributed by atoms with E-state index >= 15 is 0 Å². The molecule has 0 radical (unpaired) electrons. The molecule has 188 valence electrons. The maximum Gasteiger partial charge on any atom is 0.244 e. The Hall–Kier alpha value is 2.58. The smallest absolute Gasteiger partial charge is 0.244 e. The molecule has 0 heterocycles. The molecule has 0 rings (SSSR count). The monoisotopic (exact) mass is 622 g/mol. The van der Waals surface area contributed by atoms with Gasteiger partial charge in [0, 0.05) is 14.1 Å². The predicted molar refractivity (Wildman–Crippen MR) is 165 cm³/mol. The first-order chi connectivity index (χ1) is 14.2. The van der Waals surface area contributed by atoms with Gasteiger partial charge in [-0.15, -0.1) is 0 Å². The Bertz CT molecular complexity index is 601. The van der Waals surface area contributed by atoms with Crippen LogP contribution in [0.25, 0.3) is 0 Å². The van der Waals surface area contributed by atoms with Gasteiger partial charge in [0.1, 0.15) is 0 Å². The SMILES string of the molecule is CC(C)CC(C)O.CC(C)CC(C)OP(=S)(S)OC(C)CC(C)C.S=PP=S=S=S=S. The van der Waals surface area contributed by atoms with Gasteiger partial charge in [-0.05, 0) is 120 Å². The summed E-state index contributed by atoms with van der Waals surface area (Å²) in [6.07, 6.45) is 3.00. The standard InChI is InChI=1S/C12H27O2PS2.C6H14O.P2S5/c1-9(2)7-11(5)13-15(16,17)14-12(6)8-10(3)4;1-5(2)4-6(3)7;3-1-2-5-7-6-4/h9-12H,7-8H2,1-6H3,(H,16,17);5-7H,4H2,1-3H3;. The number of aliphatic hydroxyl groups excluding tert-OH is 1. The van der Waals surface area contributed by atoms with Crippen molar-refractivity contribution in [1.29, 1.82) is 0 Å². The third kappa shape index (κ3) is 37.3. The van der Waals surface area contributed by atoms with Crippen LogP contribution in [-0.2, 0) is 71.1 Å². The third-order valence-electron chi connectivity index (χ3n) is 3.17. The highest BCUT2D eigenvalue weighted by Gasteiger charge is 2.21. The van der Waals surface area contributed by atoms with Gasteiger partial charge in [0.2, 0.25) is 5.69 Å². The van der Waals surface area contributed by atoms with E-state index in [2.05, 4.69) is 76.8 Å². The van der Waals surface area contributed by atoms with Crippen molar-refractivity contribution in [3.05, 3.63) is 0 Å². The molecule has 0 aromatic carbocycles. The molecule has 3 unspecified atom stereocenters. The molecule has 31 heavy (non-hydrogen) atoms. The molecule has 13 heteroatoms. The Morgan fingerprint density at radius 1 is 0.871 bits per heavy atom. The first-order valence-electron chi connectivity index (χ1n) is 10.2. The fourth-order valence-corrected chi connectivity index (χ4v) is 15.2. The summed E-state index contributed by atoms with van der Waals surface area (Å²) >= 11 is 19.0. The first kappa shape index (κ1) is 38.1. The van der Waals surface area contributed by atoms with Crippen LogP contribution in [0.15, 0.2) is 0 Å². The van der Waals surface area contributed by atoms with Crippen LogP contribution in [0.2, 0.25) is 0 Å². The molecular weight excluding hydrogens is 582 g/mol. The van der Waals surface area contributed by atoms with Crippen molar-refractivity contribution in [2.24, 2.45) is 17.8 Å². The summed E-state index contributed by atoms with van der Waals surface area (Å²) < 4.78 is 11.5. The van der Waals surface area contributed by atoms with Crippen LogP contribution in [0.1, 0.15) is 81.6 Å². The minimum atomic E-state index is -2.39. The molecule has 0 bridgehead atoms. The summed E-state index contributed by atoms with van der Waals surface area (Å²) in [5.74, 6) is 1.82. The van der Waals surface area contributed by atoms with E-state index in [-0.39, 0.29) is 18.3 Å². The second-order valence-electron chi connectivity index (χ2n) is 8.41. The Kier molecular flexibility index (Phi) is 29.9. The zero-order valence-corrected chi connectivity index (χ0v) is 28.6. The van der Waals surface area contributed by atoms with Gasteiger partial charge >= 0.3 is 0 Å². The maximum absolute atomic E-state index is 8.72. The molecular formula is C18H41O3P3S7. The first-order valence-corrected chi connectivity index (χ1v) is 22.5. The normalized spacial score (nSPS) is 15.9. The van der Waals surface area contributed by atoms with Gasteiger partial charge in [-0.1, -0.05) is 53.8 Å². The minimum absolute atomic E-state index is 0.115. The molecule has 0 aromatic rings. The van der Waals surface area contributed by atoms with Crippen LogP contribution in [0.3, 0.4) is 0 Å². The van der Waals surface area contributed by atoms with Crippen molar-refractivity contribution in [1.82, 2.24) is 0 Å². The summed E-state index contributed by atoms with van der Waals surface area (Å²) in [5, 5.41) is 8.72. The van der Waals surface area contributed by atoms with E-state index in [1.165, 1.54) is 15.9 Å². The van der Waals surface area contributed by atoms with Crippen LogP contribution in [0, 0.1) is 17.8 Å². The topological polar surface area (TPSA) is 38.7 Å². The van der Waals surface area contributed by atoms with Crippen LogP contribution >= 0.6 is 32.0 Å². The largest absolute Gasteiger partial charge is 0.393 e. The molecule has 3 atom stereocenters. The number of rotatable bonds is 11. The Morgan fingerprint density at radius 2 is 1.26 bits per heavy atom. The highest BCUT2D eigenvalue weighted by Crippen LogP contribution is 2.56. The number of hydrogen-bond acceptors (Lipinski definition) is 6. The second-order valence-corrected chi connectivity index (χ2v) is 23.3. The Morgan fingerprint density at radius 3 is 1.48 bits per heavy atom. The molecule has 0 aliphatic carbocycles. The summed E-state index contributed by atoms with van der Waals surface area (Å²) in [6.45, 7) is 18.8. The molecule has 0 saturated heterocycles. The van der Waals surface area contributed by atoms with Crippen molar-refractivity contribution in [2.45, 2.75) is 99.9 Å². The molecule has 3 nitrogen and oxygen atoms in total. The van der Waals surface area contributed by atoms with Crippen LogP contribution < -0.4 is 0 Å². The van der Waals surface area contributed by atoms with Gasteiger partial charge in [0.25, 0.3) is 0 Å². The third-order valence-corrected chi connectivity index (χ3v) is 15.5. The minimum Gasteiger partial charge on any atom is -0.393 e. The van der Waals surface area contributed by atoms with E-state index in [1.54, 1.807) is 18.4 Å². The van der Waals surface area contributed by atoms with Gasteiger partial charge < -0.3 is 14.2 Å². The maximum atomic E-state index is 8.72. The van der Waals surface area contributed by atoms with Gasteiger partial charge in [-0.2, -0.15) is 0 Å². The van der Waals surface area contributed by atoms with E-state index in [1.807, 2.05) is 20.8 Å². The molecule has 1 N–H and O–H groups in total. The molecule has 0 aromatic heterocycles. The van der Waals surface area contributed by atoms with Crippen LogP contribution in [0.5, 0.6) is 0 Å². The number of aliphatic hydroxyl groups is 1. The Labute approximate surface area is 224 Å². The zero-order chi connectivity index (χ0) is 25.0. The van der Waals surface area contributed by atoms with Gasteiger partial charge in [0.05, 0.1) is 18.3 Å². The van der Waals surface area contributed by atoms with Crippen molar-refractivity contribution < 1.29 is 14.2 Å². The summed E-state index contributed by atoms with van der Waals surface area (Å²) in [6, 6.07) is 0. The van der Waals surface area contributed by atoms with E-state index < -0.39 is 5.69 Å². The van der Waals surface area contributed by atoms with Gasteiger partial charge in [-0.25, -0.2) is 0 Å². The van der Waals surface area contributed by atoms with E-state index in [9.17, 15) is 0 Å².